The maximum absolute atomic E-state index is 5.84. The molecular weight excluding hydrogens is 244 g/mol. The lowest BCUT2D eigenvalue weighted by atomic mass is 10.1. The first-order valence-electron chi connectivity index (χ1n) is 6.14. The molecule has 0 fully saturated rings. The lowest BCUT2D eigenvalue weighted by Crippen LogP contribution is -2.04. The molecule has 1 heterocycles. The summed E-state index contributed by atoms with van der Waals surface area (Å²) in [4.78, 5) is 4.23. The van der Waals surface area contributed by atoms with Crippen LogP contribution >= 0.6 is 11.6 Å². The largest absolute Gasteiger partial charge is 0.379 e. The van der Waals surface area contributed by atoms with Crippen molar-refractivity contribution in [3.05, 3.63) is 58.4 Å². The SMILES string of the molecule is CCc1ccccc1CNc1ccc(Cl)nc1C. The van der Waals surface area contributed by atoms with Gasteiger partial charge in [0.2, 0.25) is 0 Å². The Morgan fingerprint density at radius 3 is 2.50 bits per heavy atom. The minimum Gasteiger partial charge on any atom is -0.379 e. The molecule has 2 rings (SSSR count). The van der Waals surface area contributed by atoms with Crippen LogP contribution in [-0.4, -0.2) is 4.98 Å². The molecule has 0 saturated heterocycles. The Labute approximate surface area is 113 Å². The van der Waals surface area contributed by atoms with Crippen molar-refractivity contribution in [1.82, 2.24) is 4.98 Å². The first-order chi connectivity index (χ1) is 8.70. The fourth-order valence-corrected chi connectivity index (χ4v) is 2.17. The fourth-order valence-electron chi connectivity index (χ4n) is 1.98. The van der Waals surface area contributed by atoms with E-state index in [1.54, 1.807) is 0 Å². The molecule has 18 heavy (non-hydrogen) atoms. The van der Waals surface area contributed by atoms with Crippen molar-refractivity contribution >= 4 is 17.3 Å². The molecule has 1 N–H and O–H groups in total. The van der Waals surface area contributed by atoms with Crippen molar-refractivity contribution in [1.29, 1.82) is 0 Å². The average molecular weight is 261 g/mol. The van der Waals surface area contributed by atoms with Gasteiger partial charge < -0.3 is 5.32 Å². The molecule has 0 saturated carbocycles. The van der Waals surface area contributed by atoms with Crippen LogP contribution in [0.3, 0.4) is 0 Å². The van der Waals surface area contributed by atoms with Gasteiger partial charge in [-0.1, -0.05) is 42.8 Å². The van der Waals surface area contributed by atoms with Gasteiger partial charge in [0, 0.05) is 6.54 Å². The number of aromatic nitrogens is 1. The summed E-state index contributed by atoms with van der Waals surface area (Å²) in [6.07, 6.45) is 1.05. The topological polar surface area (TPSA) is 24.9 Å². The number of benzene rings is 1. The molecule has 0 atom stereocenters. The van der Waals surface area contributed by atoms with Crippen LogP contribution in [0.5, 0.6) is 0 Å². The molecule has 0 unspecified atom stereocenters. The molecule has 0 aliphatic heterocycles. The highest BCUT2D eigenvalue weighted by atomic mass is 35.5. The third-order valence-corrected chi connectivity index (χ3v) is 3.23. The van der Waals surface area contributed by atoms with E-state index >= 15 is 0 Å². The molecule has 94 valence electrons. The summed E-state index contributed by atoms with van der Waals surface area (Å²) in [6.45, 7) is 4.95. The lowest BCUT2D eigenvalue weighted by Gasteiger charge is -2.11. The summed E-state index contributed by atoms with van der Waals surface area (Å²) in [5.41, 5.74) is 4.67. The van der Waals surface area contributed by atoms with Crippen LogP contribution in [0.4, 0.5) is 5.69 Å². The Hall–Kier alpha value is -1.54. The molecule has 1 aromatic carbocycles. The zero-order valence-electron chi connectivity index (χ0n) is 10.7. The Morgan fingerprint density at radius 2 is 1.83 bits per heavy atom. The highest BCUT2D eigenvalue weighted by Gasteiger charge is 2.02. The standard InChI is InChI=1S/C15H17ClN2/c1-3-12-6-4-5-7-13(12)10-17-14-8-9-15(16)18-11(14)2/h4-9,17H,3,10H2,1-2H3. The van der Waals surface area contributed by atoms with Crippen LogP contribution in [0.1, 0.15) is 23.7 Å². The van der Waals surface area contributed by atoms with E-state index in [4.69, 9.17) is 11.6 Å². The molecule has 0 amide bonds. The maximum atomic E-state index is 5.84. The molecule has 0 spiro atoms. The Balaban J connectivity index is 2.11. The van der Waals surface area contributed by atoms with Crippen molar-refractivity contribution in [3.63, 3.8) is 0 Å². The van der Waals surface area contributed by atoms with Crippen LogP contribution in [0.15, 0.2) is 36.4 Å². The fraction of sp³-hybridized carbons (Fsp3) is 0.267. The van der Waals surface area contributed by atoms with E-state index in [1.807, 2.05) is 19.1 Å². The number of anilines is 1. The van der Waals surface area contributed by atoms with Crippen LogP contribution in [0, 0.1) is 6.92 Å². The van der Waals surface area contributed by atoms with Crippen LogP contribution in [0.2, 0.25) is 5.15 Å². The molecule has 1 aromatic heterocycles. The van der Waals surface area contributed by atoms with Gasteiger partial charge in [0.25, 0.3) is 0 Å². The van der Waals surface area contributed by atoms with Gasteiger partial charge in [-0.15, -0.1) is 0 Å². The summed E-state index contributed by atoms with van der Waals surface area (Å²) in [6, 6.07) is 12.3. The quantitative estimate of drug-likeness (QED) is 0.833. The van der Waals surface area contributed by atoms with Gasteiger partial charge in [-0.2, -0.15) is 0 Å². The molecule has 0 aliphatic carbocycles. The molecule has 0 aliphatic rings. The van der Waals surface area contributed by atoms with Crippen molar-refractivity contribution in [2.75, 3.05) is 5.32 Å². The summed E-state index contributed by atoms with van der Waals surface area (Å²) in [5, 5.41) is 3.94. The van der Waals surface area contributed by atoms with Gasteiger partial charge in [0.1, 0.15) is 5.15 Å². The van der Waals surface area contributed by atoms with Crippen LogP contribution in [0.25, 0.3) is 0 Å². The third kappa shape index (κ3) is 3.02. The van der Waals surface area contributed by atoms with Crippen molar-refractivity contribution in [3.8, 4) is 0 Å². The number of nitrogens with one attached hydrogen (secondary N) is 1. The molecular formula is C15H17ClN2. The Bertz CT molecular complexity index is 538. The number of halogens is 1. The minimum atomic E-state index is 0.534. The van der Waals surface area contributed by atoms with Gasteiger partial charge in [-0.3, -0.25) is 0 Å². The molecule has 3 heteroatoms. The van der Waals surface area contributed by atoms with E-state index in [2.05, 4.69) is 41.5 Å². The Morgan fingerprint density at radius 1 is 1.11 bits per heavy atom. The van der Waals surface area contributed by atoms with E-state index in [-0.39, 0.29) is 0 Å². The van der Waals surface area contributed by atoms with E-state index in [9.17, 15) is 0 Å². The highest BCUT2D eigenvalue weighted by molar-refractivity contribution is 6.29. The summed E-state index contributed by atoms with van der Waals surface area (Å²) >= 11 is 5.84. The van der Waals surface area contributed by atoms with Gasteiger partial charge in [-0.25, -0.2) is 4.98 Å². The maximum Gasteiger partial charge on any atom is 0.129 e. The first kappa shape index (κ1) is 12.9. The number of hydrogen-bond acceptors (Lipinski definition) is 2. The third-order valence-electron chi connectivity index (χ3n) is 3.02. The first-order valence-corrected chi connectivity index (χ1v) is 6.52. The number of pyridine rings is 1. The second-order valence-corrected chi connectivity index (χ2v) is 4.63. The molecule has 2 nitrogen and oxygen atoms in total. The van der Waals surface area contributed by atoms with Crippen molar-refractivity contribution < 1.29 is 0 Å². The summed E-state index contributed by atoms with van der Waals surface area (Å²) < 4.78 is 0. The molecule has 0 bridgehead atoms. The highest BCUT2D eigenvalue weighted by Crippen LogP contribution is 2.18. The molecule has 2 aromatic rings. The predicted molar refractivity (Wildman–Crippen MR) is 77.1 cm³/mol. The lowest BCUT2D eigenvalue weighted by molar-refractivity contribution is 1.04. The Kier molecular flexibility index (Phi) is 4.21. The van der Waals surface area contributed by atoms with Crippen LogP contribution < -0.4 is 5.32 Å². The van der Waals surface area contributed by atoms with Crippen LogP contribution in [-0.2, 0) is 13.0 Å². The molecule has 0 radical (unpaired) electrons. The van der Waals surface area contributed by atoms with Gasteiger partial charge in [0.05, 0.1) is 11.4 Å². The van der Waals surface area contributed by atoms with E-state index in [1.165, 1.54) is 11.1 Å². The summed E-state index contributed by atoms with van der Waals surface area (Å²) in [7, 11) is 0. The number of aryl methyl sites for hydroxylation is 2. The van der Waals surface area contributed by atoms with E-state index < -0.39 is 0 Å². The second-order valence-electron chi connectivity index (χ2n) is 4.24. The van der Waals surface area contributed by atoms with Gasteiger partial charge >= 0.3 is 0 Å². The second kappa shape index (κ2) is 5.87. The van der Waals surface area contributed by atoms with Gasteiger partial charge in [-0.05, 0) is 36.6 Å². The zero-order valence-corrected chi connectivity index (χ0v) is 11.5. The zero-order chi connectivity index (χ0) is 13.0. The number of nitrogens with zero attached hydrogens (tertiary/aromatic N) is 1. The minimum absolute atomic E-state index is 0.534. The van der Waals surface area contributed by atoms with E-state index in [0.717, 1.165) is 24.3 Å². The average Bonchev–Trinajstić information content (AvgIpc) is 2.38. The number of rotatable bonds is 4. The monoisotopic (exact) mass is 260 g/mol. The van der Waals surface area contributed by atoms with Crippen molar-refractivity contribution in [2.24, 2.45) is 0 Å². The van der Waals surface area contributed by atoms with E-state index in [0.29, 0.717) is 5.15 Å². The predicted octanol–water partition coefficient (Wildman–Crippen LogP) is 4.22. The normalized spacial score (nSPS) is 10.4. The number of hydrogen-bond donors (Lipinski definition) is 1. The van der Waals surface area contributed by atoms with Gasteiger partial charge in [0.15, 0.2) is 0 Å². The summed E-state index contributed by atoms with van der Waals surface area (Å²) in [5.74, 6) is 0. The smallest absolute Gasteiger partial charge is 0.129 e. The van der Waals surface area contributed by atoms with Crippen molar-refractivity contribution in [2.45, 2.75) is 26.8 Å².